The maximum atomic E-state index is 12.8. The molecule has 3 aromatic heterocycles. The number of hydrogen-bond acceptors (Lipinski definition) is 7. The Morgan fingerprint density at radius 1 is 1.21 bits per heavy atom. The van der Waals surface area contributed by atoms with E-state index in [0.717, 1.165) is 0 Å². The summed E-state index contributed by atoms with van der Waals surface area (Å²) >= 11 is 0. The van der Waals surface area contributed by atoms with Gasteiger partial charge in [0.2, 0.25) is 0 Å². The van der Waals surface area contributed by atoms with E-state index in [1.807, 2.05) is 20.8 Å². The lowest BCUT2D eigenvalue weighted by atomic mass is 10.1. The second-order valence-electron chi connectivity index (χ2n) is 8.83. The number of likely N-dealkylation sites (tertiary alicyclic amines) is 1. The van der Waals surface area contributed by atoms with Gasteiger partial charge in [0.25, 0.3) is 11.8 Å². The highest BCUT2D eigenvalue weighted by molar-refractivity contribution is 6.10. The van der Waals surface area contributed by atoms with Crippen LogP contribution in [0.3, 0.4) is 0 Å². The van der Waals surface area contributed by atoms with Crippen LogP contribution in [0.2, 0.25) is 0 Å². The van der Waals surface area contributed by atoms with E-state index < -0.39 is 17.4 Å². The van der Waals surface area contributed by atoms with Crippen molar-refractivity contribution in [2.24, 2.45) is 5.73 Å². The van der Waals surface area contributed by atoms with E-state index in [0.29, 0.717) is 31.6 Å². The van der Waals surface area contributed by atoms with Crippen molar-refractivity contribution < 1.29 is 19.1 Å². The number of nitrogens with zero attached hydrogens (tertiary/aromatic N) is 6. The summed E-state index contributed by atoms with van der Waals surface area (Å²) in [7, 11) is 0. The lowest BCUT2D eigenvalue weighted by Gasteiger charge is -2.33. The summed E-state index contributed by atoms with van der Waals surface area (Å²) in [5, 5.41) is 11.1. The van der Waals surface area contributed by atoms with Crippen LogP contribution in [0.15, 0.2) is 30.9 Å². The number of hydrogen-bond donors (Lipinski definition) is 2. The Morgan fingerprint density at radius 3 is 2.61 bits per heavy atom. The number of rotatable bonds is 4. The van der Waals surface area contributed by atoms with Gasteiger partial charge in [0.1, 0.15) is 11.2 Å². The molecule has 0 unspecified atom stereocenters. The zero-order valence-corrected chi connectivity index (χ0v) is 18.7. The minimum absolute atomic E-state index is 0.0395. The number of piperidine rings is 1. The van der Waals surface area contributed by atoms with Gasteiger partial charge in [0, 0.05) is 31.7 Å². The van der Waals surface area contributed by atoms with Gasteiger partial charge < -0.3 is 20.7 Å². The van der Waals surface area contributed by atoms with E-state index in [2.05, 4.69) is 20.5 Å². The number of anilines is 1. The molecule has 0 aliphatic carbocycles. The van der Waals surface area contributed by atoms with E-state index in [1.54, 1.807) is 34.2 Å². The molecule has 0 spiro atoms. The predicted molar refractivity (Wildman–Crippen MR) is 118 cm³/mol. The molecule has 0 radical (unpaired) electrons. The Bertz CT molecular complexity index is 1200. The van der Waals surface area contributed by atoms with Crippen molar-refractivity contribution in [1.82, 2.24) is 29.3 Å². The van der Waals surface area contributed by atoms with Crippen LogP contribution in [-0.2, 0) is 4.74 Å². The van der Waals surface area contributed by atoms with Crippen LogP contribution >= 0.6 is 0 Å². The molecule has 0 saturated carbocycles. The number of primary amides is 1. The standard InChI is InChI=1S/C21H26N8O4/c1-21(2,3)33-20(32)27-9-5-13(6-10-27)29-12-15(16(26-29)17(22)30)25-19(31)14-11-24-28-8-4-7-23-18(14)28/h4,7-8,11-13H,5-6,9-10H2,1-3H3,(H2,22,30)(H,25,31). The summed E-state index contributed by atoms with van der Waals surface area (Å²) in [5.74, 6) is -1.24. The first kappa shape index (κ1) is 22.2. The molecule has 0 atom stereocenters. The van der Waals surface area contributed by atoms with Gasteiger partial charge in [-0.05, 0) is 39.7 Å². The Labute approximate surface area is 189 Å². The summed E-state index contributed by atoms with van der Waals surface area (Å²) in [6.07, 6.45) is 7.10. The van der Waals surface area contributed by atoms with Crippen molar-refractivity contribution in [3.63, 3.8) is 0 Å². The molecule has 3 aromatic rings. The zero-order valence-electron chi connectivity index (χ0n) is 18.7. The molecular weight excluding hydrogens is 428 g/mol. The molecule has 1 saturated heterocycles. The van der Waals surface area contributed by atoms with E-state index in [4.69, 9.17) is 10.5 Å². The van der Waals surface area contributed by atoms with Gasteiger partial charge in [-0.3, -0.25) is 14.3 Å². The summed E-state index contributed by atoms with van der Waals surface area (Å²) in [6, 6.07) is 1.64. The van der Waals surface area contributed by atoms with Crippen molar-refractivity contribution in [3.8, 4) is 0 Å². The SMILES string of the molecule is CC(C)(C)OC(=O)N1CCC(n2cc(NC(=O)c3cnn4cccnc34)c(C(N)=O)n2)CC1. The first-order valence-electron chi connectivity index (χ1n) is 10.6. The van der Waals surface area contributed by atoms with Gasteiger partial charge in [0.05, 0.1) is 17.9 Å². The van der Waals surface area contributed by atoms with Gasteiger partial charge >= 0.3 is 6.09 Å². The Morgan fingerprint density at radius 2 is 1.94 bits per heavy atom. The molecule has 3 amide bonds. The minimum Gasteiger partial charge on any atom is -0.444 e. The van der Waals surface area contributed by atoms with Crippen molar-refractivity contribution in [2.75, 3.05) is 18.4 Å². The number of ether oxygens (including phenoxy) is 1. The number of nitrogens with two attached hydrogens (primary N) is 1. The molecular formula is C21H26N8O4. The van der Waals surface area contributed by atoms with Crippen LogP contribution in [0.25, 0.3) is 5.65 Å². The zero-order chi connectivity index (χ0) is 23.8. The summed E-state index contributed by atoms with van der Waals surface area (Å²) in [5.41, 5.74) is 5.75. The largest absolute Gasteiger partial charge is 0.444 e. The van der Waals surface area contributed by atoms with Crippen molar-refractivity contribution >= 4 is 29.2 Å². The molecule has 1 fully saturated rings. The third-order valence-corrected chi connectivity index (χ3v) is 5.23. The van der Waals surface area contributed by atoms with Gasteiger partial charge in [-0.1, -0.05) is 0 Å². The number of aromatic nitrogens is 5. The molecule has 12 heteroatoms. The second-order valence-corrected chi connectivity index (χ2v) is 8.83. The van der Waals surface area contributed by atoms with Gasteiger partial charge in [0.15, 0.2) is 11.3 Å². The van der Waals surface area contributed by atoms with E-state index in [-0.39, 0.29) is 29.1 Å². The number of amides is 3. The highest BCUT2D eigenvalue weighted by Gasteiger charge is 2.29. The number of fused-ring (bicyclic) bond motifs is 1. The quantitative estimate of drug-likeness (QED) is 0.611. The number of carbonyl (C=O) groups excluding carboxylic acids is 3. The fourth-order valence-electron chi connectivity index (χ4n) is 3.67. The Hall–Kier alpha value is -3.96. The summed E-state index contributed by atoms with van der Waals surface area (Å²) in [4.78, 5) is 42.9. The smallest absolute Gasteiger partial charge is 0.410 e. The molecule has 4 rings (SSSR count). The lowest BCUT2D eigenvalue weighted by Crippen LogP contribution is -2.42. The summed E-state index contributed by atoms with van der Waals surface area (Å²) < 4.78 is 8.53. The number of carbonyl (C=O) groups is 3. The molecule has 0 aromatic carbocycles. The van der Waals surface area contributed by atoms with Crippen molar-refractivity contribution in [3.05, 3.63) is 42.1 Å². The first-order chi connectivity index (χ1) is 15.6. The van der Waals surface area contributed by atoms with Crippen LogP contribution in [0.4, 0.5) is 10.5 Å². The molecule has 33 heavy (non-hydrogen) atoms. The van der Waals surface area contributed by atoms with Crippen molar-refractivity contribution in [2.45, 2.75) is 45.3 Å². The fourth-order valence-corrected chi connectivity index (χ4v) is 3.67. The maximum absolute atomic E-state index is 12.8. The van der Waals surface area contributed by atoms with Gasteiger partial charge in [-0.2, -0.15) is 10.2 Å². The van der Waals surface area contributed by atoms with E-state index in [1.165, 1.54) is 10.7 Å². The Balaban J connectivity index is 1.48. The van der Waals surface area contributed by atoms with E-state index in [9.17, 15) is 14.4 Å². The van der Waals surface area contributed by atoms with Gasteiger partial charge in [-0.25, -0.2) is 14.3 Å². The van der Waals surface area contributed by atoms with Gasteiger partial charge in [-0.15, -0.1) is 0 Å². The average molecular weight is 454 g/mol. The molecule has 3 N–H and O–H groups in total. The third kappa shape index (κ3) is 4.78. The topological polar surface area (TPSA) is 150 Å². The molecule has 0 bridgehead atoms. The summed E-state index contributed by atoms with van der Waals surface area (Å²) in [6.45, 7) is 6.45. The van der Waals surface area contributed by atoms with Crippen LogP contribution < -0.4 is 11.1 Å². The Kier molecular flexibility index (Phi) is 5.75. The lowest BCUT2D eigenvalue weighted by molar-refractivity contribution is 0.0184. The first-order valence-corrected chi connectivity index (χ1v) is 10.6. The average Bonchev–Trinajstić information content (AvgIpc) is 3.37. The normalized spacial score (nSPS) is 14.9. The highest BCUT2D eigenvalue weighted by atomic mass is 16.6. The number of nitrogens with one attached hydrogen (secondary N) is 1. The molecule has 12 nitrogen and oxygen atoms in total. The molecule has 1 aliphatic rings. The molecule has 1 aliphatic heterocycles. The van der Waals surface area contributed by atoms with Crippen LogP contribution in [0, 0.1) is 0 Å². The third-order valence-electron chi connectivity index (χ3n) is 5.23. The van der Waals surface area contributed by atoms with Crippen LogP contribution in [0.1, 0.15) is 60.5 Å². The highest BCUT2D eigenvalue weighted by Crippen LogP contribution is 2.26. The van der Waals surface area contributed by atoms with Crippen molar-refractivity contribution in [1.29, 1.82) is 0 Å². The van der Waals surface area contributed by atoms with E-state index >= 15 is 0 Å². The maximum Gasteiger partial charge on any atom is 0.410 e. The predicted octanol–water partition coefficient (Wildman–Crippen LogP) is 1.85. The fraction of sp³-hybridized carbons (Fsp3) is 0.429. The van der Waals surface area contributed by atoms with Crippen LogP contribution in [0.5, 0.6) is 0 Å². The second kappa shape index (κ2) is 8.52. The monoisotopic (exact) mass is 454 g/mol. The minimum atomic E-state index is -0.756. The molecule has 174 valence electrons. The van der Waals surface area contributed by atoms with Crippen LogP contribution in [-0.4, -0.2) is 65.9 Å². The molecule has 4 heterocycles.